The van der Waals surface area contributed by atoms with Crippen molar-refractivity contribution in [1.82, 2.24) is 19.8 Å². The topological polar surface area (TPSA) is 90.5 Å². The number of carbonyl (C=O) groups excluding carboxylic acids is 2. The molecule has 3 rings (SSSR count). The number of carbonyl (C=O) groups is 2. The van der Waals surface area contributed by atoms with Gasteiger partial charge in [0.05, 0.1) is 0 Å². The highest BCUT2D eigenvalue weighted by Gasteiger charge is 2.19. The summed E-state index contributed by atoms with van der Waals surface area (Å²) >= 11 is 0. The van der Waals surface area contributed by atoms with Crippen LogP contribution in [0.15, 0.2) is 12.3 Å². The van der Waals surface area contributed by atoms with Gasteiger partial charge in [0, 0.05) is 58.3 Å². The van der Waals surface area contributed by atoms with Crippen LogP contribution in [-0.2, 0) is 9.59 Å². The number of anilines is 2. The summed E-state index contributed by atoms with van der Waals surface area (Å²) in [6, 6.07) is 1.84. The molecule has 0 aliphatic carbocycles. The molecule has 1 aromatic heterocycles. The maximum absolute atomic E-state index is 11.6. The first-order chi connectivity index (χ1) is 12.7. The van der Waals surface area contributed by atoms with Gasteiger partial charge in [0.2, 0.25) is 17.8 Å². The number of amides is 2. The summed E-state index contributed by atoms with van der Waals surface area (Å²) in [4.78, 5) is 35.7. The number of rotatable bonds is 10. The Hall–Kier alpha value is -2.38. The number of aromatic nitrogens is 2. The molecule has 8 heteroatoms. The minimum atomic E-state index is 0.267. The number of nitrogens with zero attached hydrogens (tertiary/aromatic N) is 4. The molecule has 1 aromatic rings. The molecule has 142 valence electrons. The van der Waals surface area contributed by atoms with Gasteiger partial charge in [-0.05, 0) is 31.7 Å². The largest absolute Gasteiger partial charge is 0.370 e. The van der Waals surface area contributed by atoms with Crippen LogP contribution in [0.1, 0.15) is 38.5 Å². The molecule has 0 atom stereocenters. The van der Waals surface area contributed by atoms with E-state index in [-0.39, 0.29) is 11.8 Å². The maximum atomic E-state index is 11.6. The molecular formula is C18H28N6O2. The van der Waals surface area contributed by atoms with Crippen molar-refractivity contribution in [2.24, 2.45) is 0 Å². The van der Waals surface area contributed by atoms with E-state index in [0.717, 1.165) is 70.8 Å². The third kappa shape index (κ3) is 5.31. The molecule has 0 radical (unpaired) electrons. The van der Waals surface area contributed by atoms with Gasteiger partial charge in [-0.3, -0.25) is 9.59 Å². The molecule has 0 saturated carbocycles. The van der Waals surface area contributed by atoms with Gasteiger partial charge in [0.1, 0.15) is 5.82 Å². The molecule has 2 N–H and O–H groups in total. The summed E-state index contributed by atoms with van der Waals surface area (Å²) in [7, 11) is 0. The van der Waals surface area contributed by atoms with Crippen molar-refractivity contribution in [1.29, 1.82) is 0 Å². The highest BCUT2D eigenvalue weighted by Crippen LogP contribution is 2.11. The molecule has 0 aromatic carbocycles. The predicted octanol–water partition coefficient (Wildman–Crippen LogP) is 1.33. The maximum Gasteiger partial charge on any atom is 0.224 e. The Labute approximate surface area is 154 Å². The normalized spacial score (nSPS) is 17.2. The third-order valence-corrected chi connectivity index (χ3v) is 4.80. The van der Waals surface area contributed by atoms with E-state index in [1.165, 1.54) is 0 Å². The lowest BCUT2D eigenvalue weighted by Crippen LogP contribution is -2.27. The van der Waals surface area contributed by atoms with E-state index in [2.05, 4.69) is 20.6 Å². The van der Waals surface area contributed by atoms with Gasteiger partial charge in [0.25, 0.3) is 0 Å². The van der Waals surface area contributed by atoms with Crippen molar-refractivity contribution < 1.29 is 9.59 Å². The lowest BCUT2D eigenvalue weighted by molar-refractivity contribution is -0.128. The zero-order valence-electron chi connectivity index (χ0n) is 15.2. The molecular weight excluding hydrogens is 332 g/mol. The molecule has 2 aliphatic heterocycles. The van der Waals surface area contributed by atoms with E-state index in [1.807, 2.05) is 15.9 Å². The van der Waals surface area contributed by atoms with Crippen LogP contribution in [-0.4, -0.2) is 70.9 Å². The molecule has 26 heavy (non-hydrogen) atoms. The summed E-state index contributed by atoms with van der Waals surface area (Å²) in [6.45, 7) is 4.89. The summed E-state index contributed by atoms with van der Waals surface area (Å²) in [5.41, 5.74) is 0. The summed E-state index contributed by atoms with van der Waals surface area (Å²) < 4.78 is 0. The third-order valence-electron chi connectivity index (χ3n) is 4.80. The number of nitrogens with one attached hydrogen (secondary N) is 2. The Kier molecular flexibility index (Phi) is 6.62. The van der Waals surface area contributed by atoms with Gasteiger partial charge in [-0.2, -0.15) is 4.98 Å². The Bertz CT molecular complexity index is 574. The highest BCUT2D eigenvalue weighted by atomic mass is 16.2. The fourth-order valence-corrected chi connectivity index (χ4v) is 3.38. The van der Waals surface area contributed by atoms with E-state index in [0.29, 0.717) is 18.8 Å². The molecule has 2 amide bonds. The molecule has 3 heterocycles. The number of hydrogen-bond acceptors (Lipinski definition) is 6. The van der Waals surface area contributed by atoms with E-state index >= 15 is 0 Å². The lowest BCUT2D eigenvalue weighted by Gasteiger charge is -2.16. The SMILES string of the molecule is O=C1CCCN1CCCNc1ccnc(NCCCN2CCCC2=O)n1. The Morgan fingerprint density at radius 1 is 0.923 bits per heavy atom. The van der Waals surface area contributed by atoms with Gasteiger partial charge in [-0.15, -0.1) is 0 Å². The van der Waals surface area contributed by atoms with Crippen LogP contribution in [0, 0.1) is 0 Å². The van der Waals surface area contributed by atoms with E-state index in [1.54, 1.807) is 6.20 Å². The van der Waals surface area contributed by atoms with Crippen LogP contribution >= 0.6 is 0 Å². The van der Waals surface area contributed by atoms with Gasteiger partial charge >= 0.3 is 0 Å². The smallest absolute Gasteiger partial charge is 0.224 e. The number of hydrogen-bond donors (Lipinski definition) is 2. The van der Waals surface area contributed by atoms with Crippen molar-refractivity contribution in [3.8, 4) is 0 Å². The molecule has 2 saturated heterocycles. The average molecular weight is 360 g/mol. The first-order valence-electron chi connectivity index (χ1n) is 9.59. The quantitative estimate of drug-likeness (QED) is 0.612. The van der Waals surface area contributed by atoms with Gasteiger partial charge in [-0.25, -0.2) is 4.98 Å². The Balaban J connectivity index is 1.32. The van der Waals surface area contributed by atoms with Crippen molar-refractivity contribution in [2.45, 2.75) is 38.5 Å². The predicted molar refractivity (Wildman–Crippen MR) is 99.9 cm³/mol. The monoisotopic (exact) mass is 360 g/mol. The molecule has 2 aliphatic rings. The van der Waals surface area contributed by atoms with E-state index in [9.17, 15) is 9.59 Å². The van der Waals surface area contributed by atoms with Crippen molar-refractivity contribution in [2.75, 3.05) is 49.9 Å². The second-order valence-corrected chi connectivity index (χ2v) is 6.79. The first kappa shape index (κ1) is 18.4. The molecule has 0 bridgehead atoms. The minimum absolute atomic E-state index is 0.267. The molecule has 0 spiro atoms. The van der Waals surface area contributed by atoms with E-state index in [4.69, 9.17) is 0 Å². The highest BCUT2D eigenvalue weighted by molar-refractivity contribution is 5.78. The van der Waals surface area contributed by atoms with Crippen molar-refractivity contribution >= 4 is 23.6 Å². The molecule has 8 nitrogen and oxygen atoms in total. The van der Waals surface area contributed by atoms with Crippen LogP contribution in [0.25, 0.3) is 0 Å². The van der Waals surface area contributed by atoms with E-state index < -0.39 is 0 Å². The summed E-state index contributed by atoms with van der Waals surface area (Å²) in [5.74, 6) is 1.92. The Morgan fingerprint density at radius 3 is 2.12 bits per heavy atom. The standard InChI is InChI=1S/C18H28N6O2/c25-16-5-1-11-23(16)13-3-8-19-15-7-10-21-18(22-15)20-9-4-14-24-12-2-6-17(24)26/h7,10H,1-6,8-9,11-14H2,(H2,19,20,21,22). The first-order valence-corrected chi connectivity index (χ1v) is 9.59. The van der Waals surface area contributed by atoms with Crippen LogP contribution in [0.4, 0.5) is 11.8 Å². The lowest BCUT2D eigenvalue weighted by atomic mass is 10.4. The van der Waals surface area contributed by atoms with Crippen LogP contribution < -0.4 is 10.6 Å². The van der Waals surface area contributed by atoms with Gasteiger partial charge in [-0.1, -0.05) is 0 Å². The zero-order chi connectivity index (χ0) is 18.2. The summed E-state index contributed by atoms with van der Waals surface area (Å²) in [5, 5.41) is 6.49. The number of likely N-dealkylation sites (tertiary alicyclic amines) is 2. The molecule has 2 fully saturated rings. The van der Waals surface area contributed by atoms with Crippen LogP contribution in [0.5, 0.6) is 0 Å². The fourth-order valence-electron chi connectivity index (χ4n) is 3.38. The van der Waals surface area contributed by atoms with Crippen molar-refractivity contribution in [3.63, 3.8) is 0 Å². The zero-order valence-corrected chi connectivity index (χ0v) is 15.2. The minimum Gasteiger partial charge on any atom is -0.370 e. The fraction of sp³-hybridized carbons (Fsp3) is 0.667. The van der Waals surface area contributed by atoms with Gasteiger partial charge in [0.15, 0.2) is 0 Å². The van der Waals surface area contributed by atoms with Gasteiger partial charge < -0.3 is 20.4 Å². The second-order valence-electron chi connectivity index (χ2n) is 6.79. The van der Waals surface area contributed by atoms with Crippen molar-refractivity contribution in [3.05, 3.63) is 12.3 Å². The second kappa shape index (κ2) is 9.35. The Morgan fingerprint density at radius 2 is 1.54 bits per heavy atom. The average Bonchev–Trinajstić information content (AvgIpc) is 3.24. The van der Waals surface area contributed by atoms with Crippen LogP contribution in [0.3, 0.4) is 0 Å². The summed E-state index contributed by atoms with van der Waals surface area (Å²) in [6.07, 6.45) is 6.87. The molecule has 0 unspecified atom stereocenters. The van der Waals surface area contributed by atoms with Crippen LogP contribution in [0.2, 0.25) is 0 Å².